The Hall–Kier alpha value is -1.55. The van der Waals surface area contributed by atoms with Crippen LogP contribution in [0, 0.1) is 0 Å². The van der Waals surface area contributed by atoms with Gasteiger partial charge in [0.1, 0.15) is 11.3 Å². The van der Waals surface area contributed by atoms with Crippen molar-refractivity contribution in [2.45, 2.75) is 25.9 Å². The lowest BCUT2D eigenvalue weighted by atomic mass is 10.1. The van der Waals surface area contributed by atoms with Gasteiger partial charge < -0.3 is 10.2 Å². The Labute approximate surface area is 88.6 Å². The number of carboxylic acid groups (broad SMARTS) is 1. The molecule has 3 N–H and O–H groups in total. The molecule has 0 aromatic heterocycles. The molecular weight excluding hydrogens is 194 g/mol. The largest absolute Gasteiger partial charge is 0.508 e. The SMILES string of the molecule is CC(C)(NCc1ccc(O)cc1)C(=O)O. The number of carbonyl (C=O) groups is 1. The molecule has 0 aliphatic heterocycles. The minimum atomic E-state index is -0.947. The van der Waals surface area contributed by atoms with Gasteiger partial charge in [-0.05, 0) is 31.5 Å². The van der Waals surface area contributed by atoms with E-state index in [1.165, 1.54) is 0 Å². The van der Waals surface area contributed by atoms with E-state index in [0.717, 1.165) is 5.56 Å². The molecule has 0 aliphatic carbocycles. The molecule has 82 valence electrons. The molecule has 0 radical (unpaired) electrons. The maximum atomic E-state index is 10.8. The van der Waals surface area contributed by atoms with Gasteiger partial charge in [0, 0.05) is 6.54 Å². The highest BCUT2D eigenvalue weighted by molar-refractivity contribution is 5.77. The molecule has 0 unspecified atom stereocenters. The van der Waals surface area contributed by atoms with Crippen molar-refractivity contribution in [3.05, 3.63) is 29.8 Å². The summed E-state index contributed by atoms with van der Waals surface area (Å²) >= 11 is 0. The van der Waals surface area contributed by atoms with Gasteiger partial charge in [-0.3, -0.25) is 10.1 Å². The number of carboxylic acids is 1. The molecule has 4 nitrogen and oxygen atoms in total. The molecule has 0 aliphatic rings. The second-order valence-corrected chi connectivity index (χ2v) is 3.95. The highest BCUT2D eigenvalue weighted by Gasteiger charge is 2.25. The van der Waals surface area contributed by atoms with Crippen LogP contribution in [0.5, 0.6) is 5.75 Å². The Morgan fingerprint density at radius 2 is 1.87 bits per heavy atom. The third-order valence-electron chi connectivity index (χ3n) is 2.21. The van der Waals surface area contributed by atoms with Crippen molar-refractivity contribution >= 4 is 5.97 Å². The Bertz CT molecular complexity index is 343. The van der Waals surface area contributed by atoms with Crippen LogP contribution in [-0.2, 0) is 11.3 Å². The number of aromatic hydroxyl groups is 1. The summed E-state index contributed by atoms with van der Waals surface area (Å²) in [7, 11) is 0. The van der Waals surface area contributed by atoms with Crippen LogP contribution in [0.25, 0.3) is 0 Å². The lowest BCUT2D eigenvalue weighted by Gasteiger charge is -2.20. The van der Waals surface area contributed by atoms with Gasteiger partial charge in [0.25, 0.3) is 0 Å². The Morgan fingerprint density at radius 3 is 2.33 bits per heavy atom. The van der Waals surface area contributed by atoms with Crippen LogP contribution in [0.15, 0.2) is 24.3 Å². The predicted octanol–water partition coefficient (Wildman–Crippen LogP) is 1.34. The van der Waals surface area contributed by atoms with Crippen molar-refractivity contribution in [1.82, 2.24) is 5.32 Å². The minimum absolute atomic E-state index is 0.205. The summed E-state index contributed by atoms with van der Waals surface area (Å²) in [5, 5.41) is 20.8. The summed E-state index contributed by atoms with van der Waals surface area (Å²) < 4.78 is 0. The van der Waals surface area contributed by atoms with Gasteiger partial charge in [-0.25, -0.2) is 0 Å². The number of hydrogen-bond donors (Lipinski definition) is 3. The summed E-state index contributed by atoms with van der Waals surface area (Å²) in [5.74, 6) is -0.683. The van der Waals surface area contributed by atoms with E-state index >= 15 is 0 Å². The second-order valence-electron chi connectivity index (χ2n) is 3.95. The van der Waals surface area contributed by atoms with Crippen molar-refractivity contribution in [2.24, 2.45) is 0 Å². The number of aliphatic carboxylic acids is 1. The van der Waals surface area contributed by atoms with E-state index in [4.69, 9.17) is 10.2 Å². The van der Waals surface area contributed by atoms with Crippen LogP contribution in [-0.4, -0.2) is 21.7 Å². The number of phenols is 1. The Balaban J connectivity index is 2.57. The molecule has 0 bridgehead atoms. The van der Waals surface area contributed by atoms with Gasteiger partial charge in [0.15, 0.2) is 0 Å². The quantitative estimate of drug-likeness (QED) is 0.700. The lowest BCUT2D eigenvalue weighted by molar-refractivity contribution is -0.143. The summed E-state index contributed by atoms with van der Waals surface area (Å²) in [6.45, 7) is 3.67. The number of hydrogen-bond acceptors (Lipinski definition) is 3. The van der Waals surface area contributed by atoms with E-state index in [9.17, 15) is 4.79 Å². The van der Waals surface area contributed by atoms with Crippen molar-refractivity contribution in [3.8, 4) is 5.75 Å². The monoisotopic (exact) mass is 209 g/mol. The Kier molecular flexibility index (Phi) is 3.31. The number of phenolic OH excluding ortho intramolecular Hbond substituents is 1. The van der Waals surface area contributed by atoms with Crippen LogP contribution in [0.4, 0.5) is 0 Å². The fourth-order valence-corrected chi connectivity index (χ4v) is 1.01. The summed E-state index contributed by atoms with van der Waals surface area (Å²) in [4.78, 5) is 10.8. The third kappa shape index (κ3) is 3.25. The first-order valence-corrected chi connectivity index (χ1v) is 4.68. The van der Waals surface area contributed by atoms with E-state index in [0.29, 0.717) is 6.54 Å². The van der Waals surface area contributed by atoms with E-state index in [1.807, 2.05) is 0 Å². The smallest absolute Gasteiger partial charge is 0.323 e. The van der Waals surface area contributed by atoms with Crippen LogP contribution in [0.3, 0.4) is 0 Å². The maximum absolute atomic E-state index is 10.8. The molecule has 0 fully saturated rings. The summed E-state index contributed by atoms with van der Waals surface area (Å²) in [5.41, 5.74) is -0.0140. The minimum Gasteiger partial charge on any atom is -0.508 e. The fourth-order valence-electron chi connectivity index (χ4n) is 1.01. The molecule has 4 heteroatoms. The van der Waals surface area contributed by atoms with Gasteiger partial charge in [-0.15, -0.1) is 0 Å². The van der Waals surface area contributed by atoms with Crippen LogP contribution in [0.2, 0.25) is 0 Å². The van der Waals surface area contributed by atoms with Crippen molar-refractivity contribution in [1.29, 1.82) is 0 Å². The molecule has 0 amide bonds. The molecule has 1 rings (SSSR count). The average molecular weight is 209 g/mol. The van der Waals surface area contributed by atoms with Crippen LogP contribution in [0.1, 0.15) is 19.4 Å². The third-order valence-corrected chi connectivity index (χ3v) is 2.21. The number of benzene rings is 1. The zero-order valence-corrected chi connectivity index (χ0v) is 8.82. The van der Waals surface area contributed by atoms with E-state index in [1.54, 1.807) is 38.1 Å². The van der Waals surface area contributed by atoms with Gasteiger partial charge in [0.2, 0.25) is 0 Å². The molecule has 0 atom stereocenters. The molecule has 0 saturated carbocycles. The predicted molar refractivity (Wildman–Crippen MR) is 56.7 cm³/mol. The summed E-state index contributed by atoms with van der Waals surface area (Å²) in [6.07, 6.45) is 0. The summed E-state index contributed by atoms with van der Waals surface area (Å²) in [6, 6.07) is 6.65. The molecule has 1 aromatic carbocycles. The van der Waals surface area contributed by atoms with Gasteiger partial charge >= 0.3 is 5.97 Å². The van der Waals surface area contributed by atoms with E-state index in [2.05, 4.69) is 5.32 Å². The molecule has 1 aromatic rings. The first-order valence-electron chi connectivity index (χ1n) is 4.68. The zero-order valence-electron chi connectivity index (χ0n) is 8.82. The highest BCUT2D eigenvalue weighted by Crippen LogP contribution is 2.11. The fraction of sp³-hybridized carbons (Fsp3) is 0.364. The maximum Gasteiger partial charge on any atom is 0.323 e. The molecule has 15 heavy (non-hydrogen) atoms. The first kappa shape index (κ1) is 11.5. The molecular formula is C11H15NO3. The average Bonchev–Trinajstić information content (AvgIpc) is 2.17. The zero-order chi connectivity index (χ0) is 11.5. The first-order chi connectivity index (χ1) is 6.92. The van der Waals surface area contributed by atoms with Gasteiger partial charge in [-0.2, -0.15) is 0 Å². The van der Waals surface area contributed by atoms with Gasteiger partial charge in [-0.1, -0.05) is 12.1 Å². The van der Waals surface area contributed by atoms with E-state index < -0.39 is 11.5 Å². The Morgan fingerprint density at radius 1 is 1.33 bits per heavy atom. The van der Waals surface area contributed by atoms with E-state index in [-0.39, 0.29) is 5.75 Å². The number of rotatable bonds is 4. The number of nitrogens with one attached hydrogen (secondary N) is 1. The van der Waals surface area contributed by atoms with Crippen LogP contribution < -0.4 is 5.32 Å². The van der Waals surface area contributed by atoms with Crippen molar-refractivity contribution in [3.63, 3.8) is 0 Å². The molecule has 0 spiro atoms. The van der Waals surface area contributed by atoms with Gasteiger partial charge in [0.05, 0.1) is 0 Å². The highest BCUT2D eigenvalue weighted by atomic mass is 16.4. The standard InChI is InChI=1S/C11H15NO3/c1-11(2,10(14)15)12-7-8-3-5-9(13)6-4-8/h3-6,12-13H,7H2,1-2H3,(H,14,15). The lowest BCUT2D eigenvalue weighted by Crippen LogP contribution is -2.46. The molecule has 0 heterocycles. The van der Waals surface area contributed by atoms with Crippen LogP contribution >= 0.6 is 0 Å². The second kappa shape index (κ2) is 4.31. The normalized spacial score (nSPS) is 11.3. The molecule has 0 saturated heterocycles. The van der Waals surface area contributed by atoms with Crippen molar-refractivity contribution < 1.29 is 15.0 Å². The topological polar surface area (TPSA) is 69.6 Å². The van der Waals surface area contributed by atoms with Crippen molar-refractivity contribution in [2.75, 3.05) is 0 Å².